The van der Waals surface area contributed by atoms with Crippen LogP contribution in [0.3, 0.4) is 0 Å². The molecule has 3 N–H and O–H groups in total. The molecule has 1 fully saturated rings. The summed E-state index contributed by atoms with van der Waals surface area (Å²) in [6.45, 7) is 5.19. The summed E-state index contributed by atoms with van der Waals surface area (Å²) in [6, 6.07) is 15.0. The van der Waals surface area contributed by atoms with E-state index in [4.69, 9.17) is 9.84 Å². The van der Waals surface area contributed by atoms with Crippen LogP contribution in [0.2, 0.25) is 0 Å². The molecule has 4 aromatic rings. The molecule has 12 heteroatoms. The lowest BCUT2D eigenvalue weighted by molar-refractivity contribution is 0.104. The van der Waals surface area contributed by atoms with Gasteiger partial charge in [-0.05, 0) is 44.7 Å². The van der Waals surface area contributed by atoms with E-state index in [0.29, 0.717) is 12.4 Å². The van der Waals surface area contributed by atoms with Crippen molar-refractivity contribution in [3.8, 4) is 29.8 Å². The van der Waals surface area contributed by atoms with Gasteiger partial charge in [0.15, 0.2) is 11.6 Å². The molecule has 5 rings (SSSR count). The van der Waals surface area contributed by atoms with Crippen LogP contribution in [0.4, 0.5) is 19.4 Å². The number of para-hydroxylation sites is 1. The first-order valence-electron chi connectivity index (χ1n) is 14.1. The maximum absolute atomic E-state index is 13.0. The van der Waals surface area contributed by atoms with Crippen LogP contribution in [0.25, 0.3) is 16.9 Å². The number of nitrogens with one attached hydrogen (secondary N) is 3. The Hall–Kier alpha value is -4.57. The van der Waals surface area contributed by atoms with Gasteiger partial charge >= 0.3 is 6.03 Å². The number of amides is 2. The number of ether oxygens (including phenoxy) is 1. The molecule has 2 amide bonds. The summed E-state index contributed by atoms with van der Waals surface area (Å²) in [5.41, 5.74) is 3.44. The number of hydrogen-bond acceptors (Lipinski definition) is 6. The maximum atomic E-state index is 13.0. The first-order valence-corrected chi connectivity index (χ1v) is 14.1. The first kappa shape index (κ1) is 33.9. The van der Waals surface area contributed by atoms with E-state index in [1.54, 1.807) is 22.7 Å². The number of hydrogen-bond donors (Lipinski definition) is 3. The van der Waals surface area contributed by atoms with Crippen LogP contribution in [-0.4, -0.2) is 83.0 Å². The minimum Gasteiger partial charge on any atom is -0.383 e. The minimum absolute atomic E-state index is 0.0717. The second-order valence-corrected chi connectivity index (χ2v) is 10.1. The van der Waals surface area contributed by atoms with Gasteiger partial charge in [-0.1, -0.05) is 30.3 Å². The number of carbonyl (C=O) groups is 1. The highest BCUT2D eigenvalue weighted by Crippen LogP contribution is 2.30. The molecule has 1 aliphatic rings. The Labute approximate surface area is 257 Å². The molecular weight excluding hydrogens is 566 g/mol. The van der Waals surface area contributed by atoms with Crippen LogP contribution in [0.1, 0.15) is 12.0 Å². The zero-order chi connectivity index (χ0) is 32.1. The highest BCUT2D eigenvalue weighted by atomic mass is 19.2. The summed E-state index contributed by atoms with van der Waals surface area (Å²) in [5.74, 6) is -0.954. The zero-order valence-electron chi connectivity index (χ0n) is 25.5. The maximum Gasteiger partial charge on any atom is 0.320 e. The van der Waals surface area contributed by atoms with Crippen molar-refractivity contribution in [3.05, 3.63) is 84.2 Å². The molecule has 10 nitrogen and oxygen atoms in total. The molecule has 44 heavy (non-hydrogen) atoms. The van der Waals surface area contributed by atoms with Gasteiger partial charge in [-0.3, -0.25) is 14.9 Å². The van der Waals surface area contributed by atoms with Crippen molar-refractivity contribution in [1.82, 2.24) is 35.1 Å². The van der Waals surface area contributed by atoms with Gasteiger partial charge in [-0.15, -0.1) is 12.8 Å². The van der Waals surface area contributed by atoms with Crippen molar-refractivity contribution in [3.63, 3.8) is 0 Å². The number of urea groups is 1. The van der Waals surface area contributed by atoms with Crippen LogP contribution in [-0.2, 0) is 11.8 Å². The van der Waals surface area contributed by atoms with Gasteiger partial charge in [0, 0.05) is 63.2 Å². The average molecular weight is 607 g/mol. The Kier molecular flexibility index (Phi) is 13.0. The van der Waals surface area contributed by atoms with Crippen molar-refractivity contribution in [2.45, 2.75) is 25.4 Å². The summed E-state index contributed by atoms with van der Waals surface area (Å²) < 4.78 is 32.8. The lowest BCUT2D eigenvalue weighted by Gasteiger charge is -2.27. The first-order chi connectivity index (χ1) is 21.3. The highest BCUT2D eigenvalue weighted by molar-refractivity contribution is 5.91. The third-order valence-electron chi connectivity index (χ3n) is 7.03. The number of rotatable bonds is 9. The number of carbonyl (C=O) groups excluding carboxylic acids is 1. The topological polar surface area (TPSA) is 101 Å². The number of benzene rings is 2. The predicted molar refractivity (Wildman–Crippen MR) is 168 cm³/mol. The molecule has 0 aliphatic carbocycles. The molecule has 1 saturated heterocycles. The number of methoxy groups -OCH3 is 1. The van der Waals surface area contributed by atoms with E-state index < -0.39 is 11.6 Å². The largest absolute Gasteiger partial charge is 0.383 e. The molecule has 2 aromatic carbocycles. The second-order valence-electron chi connectivity index (χ2n) is 10.1. The van der Waals surface area contributed by atoms with E-state index in [1.165, 1.54) is 12.1 Å². The van der Waals surface area contributed by atoms with Gasteiger partial charge in [-0.2, -0.15) is 10.2 Å². The van der Waals surface area contributed by atoms with E-state index in [0.717, 1.165) is 60.7 Å². The Morgan fingerprint density at radius 2 is 1.77 bits per heavy atom. The predicted octanol–water partition coefficient (Wildman–Crippen LogP) is 4.23. The van der Waals surface area contributed by atoms with Crippen molar-refractivity contribution in [1.29, 1.82) is 0 Å². The number of aromatic nitrogens is 4. The van der Waals surface area contributed by atoms with Crippen molar-refractivity contribution >= 4 is 11.8 Å². The Bertz CT molecular complexity index is 1460. The third kappa shape index (κ3) is 8.97. The molecule has 1 unspecified atom stereocenters. The van der Waals surface area contributed by atoms with Gasteiger partial charge in [0.2, 0.25) is 0 Å². The van der Waals surface area contributed by atoms with E-state index in [-0.39, 0.29) is 18.1 Å². The number of terminal acetylenes is 1. The fraction of sp³-hybridized carbons (Fsp3) is 0.344. The highest BCUT2D eigenvalue weighted by Gasteiger charge is 2.29. The lowest BCUT2D eigenvalue weighted by Crippen LogP contribution is -2.46. The molecule has 1 aliphatic heterocycles. The summed E-state index contributed by atoms with van der Waals surface area (Å²) in [4.78, 5) is 15.4. The Morgan fingerprint density at radius 1 is 1.11 bits per heavy atom. The smallest absolute Gasteiger partial charge is 0.320 e. The van der Waals surface area contributed by atoms with Crippen LogP contribution in [0, 0.1) is 31.4 Å². The Balaban J connectivity index is 0.000000454. The summed E-state index contributed by atoms with van der Waals surface area (Å²) >= 11 is 0. The van der Waals surface area contributed by atoms with Gasteiger partial charge in [0.05, 0.1) is 18.5 Å². The average Bonchev–Trinajstić information content (AvgIpc) is 3.76. The van der Waals surface area contributed by atoms with Gasteiger partial charge in [0.1, 0.15) is 11.5 Å². The van der Waals surface area contributed by atoms with Gasteiger partial charge in [-0.25, -0.2) is 18.3 Å². The van der Waals surface area contributed by atoms with Gasteiger partial charge < -0.3 is 15.4 Å². The molecular formula is C32H40F2N8O2. The summed E-state index contributed by atoms with van der Waals surface area (Å²) in [5, 5.41) is 18.5. The molecule has 0 saturated carbocycles. The minimum atomic E-state index is -0.799. The Morgan fingerprint density at radius 3 is 2.34 bits per heavy atom. The molecule has 234 valence electrons. The third-order valence-corrected chi connectivity index (χ3v) is 7.03. The van der Waals surface area contributed by atoms with E-state index in [2.05, 4.69) is 38.8 Å². The number of likely N-dealkylation sites (tertiary alicyclic amines) is 1. The van der Waals surface area contributed by atoms with Crippen LogP contribution in [0.15, 0.2) is 67.0 Å². The van der Waals surface area contributed by atoms with Crippen molar-refractivity contribution < 1.29 is 18.3 Å². The fourth-order valence-electron chi connectivity index (χ4n) is 4.94. The fourth-order valence-corrected chi connectivity index (χ4v) is 4.94. The summed E-state index contributed by atoms with van der Waals surface area (Å²) in [7, 11) is 5.54. The van der Waals surface area contributed by atoms with Crippen molar-refractivity contribution in [2.24, 2.45) is 7.05 Å². The van der Waals surface area contributed by atoms with E-state index >= 15 is 0 Å². The molecule has 0 radical (unpaired) electrons. The summed E-state index contributed by atoms with van der Waals surface area (Å²) in [6.07, 6.45) is 12.6. The molecule has 0 spiro atoms. The van der Waals surface area contributed by atoms with E-state index in [1.807, 2.05) is 57.5 Å². The number of halogens is 2. The monoisotopic (exact) mass is 606 g/mol. The quantitative estimate of drug-likeness (QED) is 0.247. The number of aryl methyl sites for hydroxylation is 1. The lowest BCUT2D eigenvalue weighted by atomic mass is 10.1. The van der Waals surface area contributed by atoms with E-state index in [9.17, 15) is 13.6 Å². The van der Waals surface area contributed by atoms with Crippen molar-refractivity contribution in [2.75, 3.05) is 45.7 Å². The second kappa shape index (κ2) is 16.9. The molecule has 3 heterocycles. The normalized spacial score (nSPS) is 15.0. The molecule has 2 atom stereocenters. The van der Waals surface area contributed by atoms with Crippen LogP contribution in [0.5, 0.6) is 0 Å². The van der Waals surface area contributed by atoms with Gasteiger partial charge in [0.25, 0.3) is 0 Å². The molecule has 2 aromatic heterocycles. The van der Waals surface area contributed by atoms with Crippen LogP contribution < -0.4 is 16.0 Å². The van der Waals surface area contributed by atoms with Crippen LogP contribution >= 0.6 is 0 Å². The number of likely N-dealkylation sites (N-methyl/N-ethyl adjacent to an activating group) is 1. The zero-order valence-corrected chi connectivity index (χ0v) is 25.5. The number of anilines is 1. The SMILES string of the molecule is C#C.CNCC(COC)N1CC[C@H](NC(=O)Nc2c(C)c(-c3cnn(C)c3)nn2-c2ccccc2)C1.Fc1ccccc1F. The standard InChI is InChI=1S/C24H34N8O2.C6H4F2.C2H2/c1-17-22(18-12-26-30(3)14-18)29-32(20-8-6-5-7-9-20)23(17)28-24(33)27-19-10-11-31(15-19)21(13-25-2)16-34-4;7-5-3-1-2-4-6(5)8;1-2/h5-9,12,14,19,21,25H,10-11,13,15-16H2,1-4H3,(H2,27,28,33);1-4H;1-2H/t19-,21?;;/m0../s1. The number of nitrogens with zero attached hydrogens (tertiary/aromatic N) is 5. The molecule has 0 bridgehead atoms.